The fraction of sp³-hybridized carbons (Fsp3) is 0.360. The quantitative estimate of drug-likeness (QED) is 0.693. The zero-order valence-corrected chi connectivity index (χ0v) is 17.5. The zero-order chi connectivity index (χ0) is 20.4. The average molecular weight is 390 g/mol. The van der Waals surface area contributed by atoms with Gasteiger partial charge in [-0.05, 0) is 55.5 Å². The van der Waals surface area contributed by atoms with Gasteiger partial charge in [-0.2, -0.15) is 0 Å². The summed E-state index contributed by atoms with van der Waals surface area (Å²) in [5.41, 5.74) is 6.07. The van der Waals surface area contributed by atoms with Crippen molar-refractivity contribution < 1.29 is 9.84 Å². The molecular weight excluding hydrogens is 360 g/mol. The van der Waals surface area contributed by atoms with Crippen LogP contribution < -0.4 is 9.64 Å². The zero-order valence-electron chi connectivity index (χ0n) is 17.5. The summed E-state index contributed by atoms with van der Waals surface area (Å²) in [6.07, 6.45) is 5.09. The minimum absolute atomic E-state index is 0.183. The van der Waals surface area contributed by atoms with E-state index in [9.17, 15) is 5.11 Å². The Morgan fingerprint density at radius 1 is 1.00 bits per heavy atom. The second-order valence-electron chi connectivity index (χ2n) is 7.95. The van der Waals surface area contributed by atoms with Crippen LogP contribution in [0.4, 0.5) is 5.82 Å². The number of methoxy groups -OCH3 is 1. The second-order valence-corrected chi connectivity index (χ2v) is 7.95. The molecule has 2 heterocycles. The van der Waals surface area contributed by atoms with E-state index in [1.807, 2.05) is 12.1 Å². The fourth-order valence-electron chi connectivity index (χ4n) is 4.10. The molecule has 4 rings (SSSR count). The first-order valence-electron chi connectivity index (χ1n) is 10.3. The molecule has 0 atom stereocenters. The first kappa shape index (κ1) is 19.6. The van der Waals surface area contributed by atoms with Crippen LogP contribution in [-0.2, 0) is 6.54 Å². The maximum Gasteiger partial charge on any atom is 0.118 e. The van der Waals surface area contributed by atoms with Crippen LogP contribution in [0.5, 0.6) is 5.75 Å². The number of benzene rings is 2. The third-order valence-electron chi connectivity index (χ3n) is 5.82. The topological polar surface area (TPSA) is 37.6 Å². The van der Waals surface area contributed by atoms with E-state index in [1.165, 1.54) is 28.1 Å². The highest BCUT2D eigenvalue weighted by Crippen LogP contribution is 2.35. The molecule has 1 N–H and O–H groups in total. The molecule has 1 radical (unpaired) electrons. The number of aliphatic hydroxyl groups is 1. The van der Waals surface area contributed by atoms with E-state index >= 15 is 0 Å². The van der Waals surface area contributed by atoms with Crippen molar-refractivity contribution in [2.75, 3.05) is 25.1 Å². The number of anilines is 1. The van der Waals surface area contributed by atoms with Crippen LogP contribution in [0.1, 0.15) is 29.5 Å². The molecule has 1 aromatic heterocycles. The molecule has 4 heteroatoms. The van der Waals surface area contributed by atoms with Gasteiger partial charge in [0, 0.05) is 25.2 Å². The standard InChI is InChI=1S/C25H29N2O2/c1-18-4-8-21(9-5-18)24-17-27(16-20-6-10-23(29-3)11-7-20)25(19(24)2)26-14-12-22(28)13-15-26/h4-11,22,28H,12-16H2,1-3H3. The summed E-state index contributed by atoms with van der Waals surface area (Å²) in [6, 6.07) is 16.9. The highest BCUT2D eigenvalue weighted by atomic mass is 16.5. The van der Waals surface area contributed by atoms with E-state index in [1.54, 1.807) is 7.11 Å². The van der Waals surface area contributed by atoms with Gasteiger partial charge in [0.25, 0.3) is 0 Å². The van der Waals surface area contributed by atoms with Crippen LogP contribution in [-0.4, -0.2) is 36.0 Å². The number of nitrogens with zero attached hydrogens (tertiary/aromatic N) is 2. The average Bonchev–Trinajstić information content (AvgIpc) is 3.06. The minimum atomic E-state index is -0.183. The van der Waals surface area contributed by atoms with Crippen molar-refractivity contribution in [1.82, 2.24) is 4.57 Å². The van der Waals surface area contributed by atoms with Crippen molar-refractivity contribution >= 4 is 5.82 Å². The molecule has 0 aliphatic carbocycles. The highest BCUT2D eigenvalue weighted by Gasteiger charge is 2.24. The van der Waals surface area contributed by atoms with Crippen molar-refractivity contribution in [3.8, 4) is 16.9 Å². The Labute approximate surface area is 173 Å². The predicted octanol–water partition coefficient (Wildman–Crippen LogP) is 4.59. The number of rotatable bonds is 5. The van der Waals surface area contributed by atoms with Gasteiger partial charge in [-0.1, -0.05) is 42.0 Å². The predicted molar refractivity (Wildman–Crippen MR) is 118 cm³/mol. The number of aromatic nitrogens is 1. The molecule has 29 heavy (non-hydrogen) atoms. The summed E-state index contributed by atoms with van der Waals surface area (Å²) >= 11 is 0. The molecule has 1 aliphatic rings. The molecule has 151 valence electrons. The normalized spacial score (nSPS) is 15.0. The lowest BCUT2D eigenvalue weighted by Crippen LogP contribution is -2.37. The number of hydrogen-bond donors (Lipinski definition) is 1. The van der Waals surface area contributed by atoms with Crippen molar-refractivity contribution in [3.05, 3.63) is 71.4 Å². The first-order chi connectivity index (χ1) is 14.0. The van der Waals surface area contributed by atoms with Gasteiger partial charge in [0.1, 0.15) is 11.6 Å². The molecule has 0 saturated carbocycles. The minimum Gasteiger partial charge on any atom is -0.497 e. The lowest BCUT2D eigenvalue weighted by Gasteiger charge is -2.32. The summed E-state index contributed by atoms with van der Waals surface area (Å²) in [5, 5.41) is 9.95. The molecular formula is C25H29N2O2. The Bertz CT molecular complexity index is 950. The SMILES string of the molecule is COc1ccc(Cn2[c]c(-c3ccc(C)cc3)c(C)c2N2CCC(O)CC2)cc1. The number of ether oxygens (including phenoxy) is 1. The van der Waals surface area contributed by atoms with E-state index in [-0.39, 0.29) is 6.10 Å². The van der Waals surface area contributed by atoms with E-state index in [0.29, 0.717) is 0 Å². The van der Waals surface area contributed by atoms with Gasteiger partial charge >= 0.3 is 0 Å². The van der Waals surface area contributed by atoms with Crippen LogP contribution in [0.2, 0.25) is 0 Å². The Morgan fingerprint density at radius 2 is 1.66 bits per heavy atom. The van der Waals surface area contributed by atoms with Gasteiger partial charge in [-0.25, -0.2) is 0 Å². The second kappa shape index (κ2) is 8.34. The Balaban J connectivity index is 1.72. The summed E-state index contributed by atoms with van der Waals surface area (Å²) < 4.78 is 7.53. The van der Waals surface area contributed by atoms with E-state index in [4.69, 9.17) is 4.74 Å². The van der Waals surface area contributed by atoms with Gasteiger partial charge < -0.3 is 19.3 Å². The summed E-state index contributed by atoms with van der Waals surface area (Å²) in [7, 11) is 1.69. The maximum atomic E-state index is 9.95. The lowest BCUT2D eigenvalue weighted by atomic mass is 10.0. The lowest BCUT2D eigenvalue weighted by molar-refractivity contribution is 0.145. The van der Waals surface area contributed by atoms with Gasteiger partial charge in [0.05, 0.1) is 19.4 Å². The largest absolute Gasteiger partial charge is 0.497 e. The van der Waals surface area contributed by atoms with Crippen molar-refractivity contribution in [2.24, 2.45) is 0 Å². The number of piperidine rings is 1. The fourth-order valence-corrected chi connectivity index (χ4v) is 4.10. The van der Waals surface area contributed by atoms with E-state index < -0.39 is 0 Å². The molecule has 0 unspecified atom stereocenters. The molecule has 1 fully saturated rings. The number of hydrogen-bond acceptors (Lipinski definition) is 3. The monoisotopic (exact) mass is 389 g/mol. The van der Waals surface area contributed by atoms with Gasteiger partial charge in [-0.15, -0.1) is 0 Å². The van der Waals surface area contributed by atoms with Crippen molar-refractivity contribution in [3.63, 3.8) is 0 Å². The van der Waals surface area contributed by atoms with Gasteiger partial charge in [-0.3, -0.25) is 0 Å². The molecule has 2 aromatic carbocycles. The third-order valence-corrected chi connectivity index (χ3v) is 5.82. The molecule has 3 aromatic rings. The maximum absolute atomic E-state index is 9.95. The van der Waals surface area contributed by atoms with Crippen LogP contribution >= 0.6 is 0 Å². The third kappa shape index (κ3) is 4.18. The van der Waals surface area contributed by atoms with Crippen molar-refractivity contribution in [2.45, 2.75) is 39.3 Å². The van der Waals surface area contributed by atoms with Crippen LogP contribution in [0.25, 0.3) is 11.1 Å². The number of aliphatic hydroxyl groups excluding tert-OH is 1. The Kier molecular flexibility index (Phi) is 5.63. The smallest absolute Gasteiger partial charge is 0.118 e. The molecule has 1 saturated heterocycles. The van der Waals surface area contributed by atoms with Gasteiger partial charge in [0.2, 0.25) is 0 Å². The summed E-state index contributed by atoms with van der Waals surface area (Å²) in [4.78, 5) is 2.40. The molecule has 0 spiro atoms. The summed E-state index contributed by atoms with van der Waals surface area (Å²) in [5.74, 6) is 2.08. The van der Waals surface area contributed by atoms with E-state index in [0.717, 1.165) is 43.8 Å². The first-order valence-corrected chi connectivity index (χ1v) is 10.3. The molecule has 4 nitrogen and oxygen atoms in total. The molecule has 1 aliphatic heterocycles. The van der Waals surface area contributed by atoms with Crippen LogP contribution in [0, 0.1) is 20.0 Å². The molecule has 0 bridgehead atoms. The van der Waals surface area contributed by atoms with Gasteiger partial charge in [0.15, 0.2) is 0 Å². The Hall–Kier alpha value is -2.72. The van der Waals surface area contributed by atoms with Crippen LogP contribution in [0.15, 0.2) is 48.5 Å². The summed E-state index contributed by atoms with van der Waals surface area (Å²) in [6.45, 7) is 6.80. The van der Waals surface area contributed by atoms with Crippen LogP contribution in [0.3, 0.4) is 0 Å². The number of aryl methyl sites for hydroxylation is 1. The highest BCUT2D eigenvalue weighted by molar-refractivity contribution is 5.73. The van der Waals surface area contributed by atoms with E-state index in [2.05, 4.69) is 65.9 Å². The van der Waals surface area contributed by atoms with Crippen molar-refractivity contribution in [1.29, 1.82) is 0 Å². The molecule has 0 amide bonds. The Morgan fingerprint density at radius 3 is 2.28 bits per heavy atom.